The molecular formula is C21H27ClN2O4. The third kappa shape index (κ3) is 4.66. The van der Waals surface area contributed by atoms with Crippen LogP contribution in [-0.2, 0) is 14.3 Å². The summed E-state index contributed by atoms with van der Waals surface area (Å²) in [5, 5.41) is 3.41. The number of esters is 1. The van der Waals surface area contributed by atoms with E-state index in [0.29, 0.717) is 29.6 Å². The van der Waals surface area contributed by atoms with Crippen LogP contribution < -0.4 is 10.2 Å². The zero-order chi connectivity index (χ0) is 20.3. The van der Waals surface area contributed by atoms with Crippen LogP contribution in [0.3, 0.4) is 0 Å². The highest BCUT2D eigenvalue weighted by Gasteiger charge is 2.28. The maximum atomic E-state index is 12.5. The van der Waals surface area contributed by atoms with Gasteiger partial charge in [0.2, 0.25) is 5.91 Å². The summed E-state index contributed by atoms with van der Waals surface area (Å²) < 4.78 is 5.36. The summed E-state index contributed by atoms with van der Waals surface area (Å²) in [6.45, 7) is 4.28. The van der Waals surface area contributed by atoms with E-state index in [1.54, 1.807) is 30.0 Å². The standard InChI is InChI=1S/C21H27ClN2O4/c1-13-6-3-4-7-17(13)23-20(26)14(2)28-21(27)15-9-10-16(22)18(12-15)24-11-5-8-19(24)25/h9-10,12-14,17H,3-8,11H2,1-2H3,(H,23,26)/t13-,14-,17+/m1/s1. The molecule has 0 bridgehead atoms. The average Bonchev–Trinajstić information content (AvgIpc) is 3.09. The lowest BCUT2D eigenvalue weighted by molar-refractivity contribution is -0.130. The molecule has 3 atom stereocenters. The SMILES string of the molecule is C[C@@H]1CCCC[C@@H]1NC(=O)[C@@H](C)OC(=O)c1ccc(Cl)c(N2CCCC2=O)c1. The predicted molar refractivity (Wildman–Crippen MR) is 107 cm³/mol. The van der Waals surface area contributed by atoms with Gasteiger partial charge in [-0.2, -0.15) is 0 Å². The van der Waals surface area contributed by atoms with Gasteiger partial charge in [0.05, 0.1) is 16.3 Å². The van der Waals surface area contributed by atoms with Gasteiger partial charge in [-0.25, -0.2) is 4.79 Å². The van der Waals surface area contributed by atoms with E-state index in [1.807, 2.05) is 0 Å². The Morgan fingerprint density at radius 2 is 2.00 bits per heavy atom. The largest absolute Gasteiger partial charge is 0.449 e. The van der Waals surface area contributed by atoms with Crippen molar-refractivity contribution in [1.82, 2.24) is 5.32 Å². The van der Waals surface area contributed by atoms with Gasteiger partial charge in [-0.05, 0) is 50.3 Å². The van der Waals surface area contributed by atoms with E-state index in [0.717, 1.165) is 25.7 Å². The van der Waals surface area contributed by atoms with Crippen LogP contribution in [0.2, 0.25) is 5.02 Å². The van der Waals surface area contributed by atoms with Crippen LogP contribution in [0, 0.1) is 5.92 Å². The van der Waals surface area contributed by atoms with Gasteiger partial charge in [0.1, 0.15) is 0 Å². The summed E-state index contributed by atoms with van der Waals surface area (Å²) in [4.78, 5) is 38.5. The fourth-order valence-corrected chi connectivity index (χ4v) is 4.08. The minimum Gasteiger partial charge on any atom is -0.449 e. The van der Waals surface area contributed by atoms with Crippen LogP contribution in [-0.4, -0.2) is 36.5 Å². The number of halogens is 1. The molecule has 1 aliphatic carbocycles. The van der Waals surface area contributed by atoms with Gasteiger partial charge < -0.3 is 15.0 Å². The summed E-state index contributed by atoms with van der Waals surface area (Å²) in [5.74, 6) is -0.473. The first-order valence-corrected chi connectivity index (χ1v) is 10.4. The van der Waals surface area contributed by atoms with Crippen molar-refractivity contribution in [2.75, 3.05) is 11.4 Å². The number of carbonyl (C=O) groups is 3. The van der Waals surface area contributed by atoms with E-state index >= 15 is 0 Å². The fourth-order valence-electron chi connectivity index (χ4n) is 3.86. The minimum atomic E-state index is -0.894. The molecule has 2 fully saturated rings. The molecule has 1 aromatic rings. The van der Waals surface area contributed by atoms with Gasteiger partial charge in [0.15, 0.2) is 6.10 Å². The van der Waals surface area contributed by atoms with E-state index in [1.165, 1.54) is 6.42 Å². The van der Waals surface area contributed by atoms with Gasteiger partial charge in [-0.15, -0.1) is 0 Å². The van der Waals surface area contributed by atoms with Crippen molar-refractivity contribution in [3.63, 3.8) is 0 Å². The van der Waals surface area contributed by atoms with Crippen LogP contribution in [0.1, 0.15) is 62.7 Å². The highest BCUT2D eigenvalue weighted by Crippen LogP contribution is 2.30. The number of ether oxygens (including phenoxy) is 1. The lowest BCUT2D eigenvalue weighted by Gasteiger charge is -2.30. The first-order chi connectivity index (χ1) is 13.4. The van der Waals surface area contributed by atoms with Crippen LogP contribution in [0.5, 0.6) is 0 Å². The zero-order valence-corrected chi connectivity index (χ0v) is 17.1. The molecule has 6 nitrogen and oxygen atoms in total. The second kappa shape index (κ2) is 8.95. The number of hydrogen-bond donors (Lipinski definition) is 1. The first kappa shape index (κ1) is 20.6. The third-order valence-corrected chi connectivity index (χ3v) is 5.96. The van der Waals surface area contributed by atoms with Crippen molar-refractivity contribution in [2.45, 2.75) is 64.5 Å². The van der Waals surface area contributed by atoms with Gasteiger partial charge in [0.25, 0.3) is 5.91 Å². The Morgan fingerprint density at radius 3 is 2.68 bits per heavy atom. The Labute approximate surface area is 170 Å². The van der Waals surface area contributed by atoms with Crippen molar-refractivity contribution in [1.29, 1.82) is 0 Å². The number of anilines is 1. The summed E-state index contributed by atoms with van der Waals surface area (Å²) in [6.07, 6.45) is 4.69. The number of nitrogens with one attached hydrogen (secondary N) is 1. The van der Waals surface area contributed by atoms with E-state index in [2.05, 4.69) is 12.2 Å². The molecule has 0 spiro atoms. The second-order valence-electron chi connectivity index (χ2n) is 7.74. The molecule has 1 aromatic carbocycles. The molecular weight excluding hydrogens is 380 g/mol. The van der Waals surface area contributed by atoms with E-state index in [4.69, 9.17) is 16.3 Å². The van der Waals surface area contributed by atoms with Crippen molar-refractivity contribution >= 4 is 35.1 Å². The molecule has 0 unspecified atom stereocenters. The quantitative estimate of drug-likeness (QED) is 0.756. The Morgan fingerprint density at radius 1 is 1.25 bits per heavy atom. The monoisotopic (exact) mass is 406 g/mol. The van der Waals surface area contributed by atoms with Crippen molar-refractivity contribution in [3.8, 4) is 0 Å². The summed E-state index contributed by atoms with van der Waals surface area (Å²) in [6, 6.07) is 4.81. The lowest BCUT2D eigenvalue weighted by Crippen LogP contribution is -2.46. The van der Waals surface area contributed by atoms with Crippen molar-refractivity contribution in [3.05, 3.63) is 28.8 Å². The second-order valence-corrected chi connectivity index (χ2v) is 8.15. The zero-order valence-electron chi connectivity index (χ0n) is 16.4. The molecule has 28 heavy (non-hydrogen) atoms. The Balaban J connectivity index is 1.63. The van der Waals surface area contributed by atoms with E-state index in [-0.39, 0.29) is 23.4 Å². The highest BCUT2D eigenvalue weighted by atomic mass is 35.5. The maximum absolute atomic E-state index is 12.5. The van der Waals surface area contributed by atoms with Crippen LogP contribution in [0.15, 0.2) is 18.2 Å². The van der Waals surface area contributed by atoms with Gasteiger partial charge >= 0.3 is 5.97 Å². The molecule has 2 aliphatic rings. The molecule has 0 radical (unpaired) electrons. The third-order valence-electron chi connectivity index (χ3n) is 5.64. The van der Waals surface area contributed by atoms with Crippen LogP contribution in [0.25, 0.3) is 0 Å². The Hall–Kier alpha value is -2.08. The number of amides is 2. The highest BCUT2D eigenvalue weighted by molar-refractivity contribution is 6.34. The lowest BCUT2D eigenvalue weighted by atomic mass is 9.86. The van der Waals surface area contributed by atoms with Gasteiger partial charge in [0, 0.05) is 19.0 Å². The predicted octanol–water partition coefficient (Wildman–Crippen LogP) is 3.71. The van der Waals surface area contributed by atoms with Gasteiger partial charge in [-0.3, -0.25) is 9.59 Å². The van der Waals surface area contributed by atoms with Crippen molar-refractivity contribution < 1.29 is 19.1 Å². The number of rotatable bonds is 5. The molecule has 1 saturated carbocycles. The maximum Gasteiger partial charge on any atom is 0.338 e. The topological polar surface area (TPSA) is 75.7 Å². The molecule has 1 saturated heterocycles. The Bertz CT molecular complexity index is 767. The summed E-state index contributed by atoms with van der Waals surface area (Å²) in [5.41, 5.74) is 0.775. The molecule has 2 amide bonds. The summed E-state index contributed by atoms with van der Waals surface area (Å²) >= 11 is 6.21. The number of nitrogens with zero attached hydrogens (tertiary/aromatic N) is 1. The summed E-state index contributed by atoms with van der Waals surface area (Å²) in [7, 11) is 0. The normalized spacial score (nSPS) is 23.4. The molecule has 0 aromatic heterocycles. The molecule has 1 N–H and O–H groups in total. The van der Waals surface area contributed by atoms with Gasteiger partial charge in [-0.1, -0.05) is 31.4 Å². The average molecular weight is 407 g/mol. The number of benzene rings is 1. The Kier molecular flexibility index (Phi) is 6.60. The fraction of sp³-hybridized carbons (Fsp3) is 0.571. The molecule has 152 valence electrons. The molecule has 7 heteroatoms. The first-order valence-electron chi connectivity index (χ1n) is 9.98. The van der Waals surface area contributed by atoms with Crippen LogP contribution in [0.4, 0.5) is 5.69 Å². The molecule has 1 heterocycles. The minimum absolute atomic E-state index is 0.0123. The van der Waals surface area contributed by atoms with E-state index in [9.17, 15) is 14.4 Å². The molecule has 1 aliphatic heterocycles. The molecule has 3 rings (SSSR count). The number of hydrogen-bond acceptors (Lipinski definition) is 4. The smallest absolute Gasteiger partial charge is 0.338 e. The van der Waals surface area contributed by atoms with Crippen LogP contribution >= 0.6 is 11.6 Å². The number of carbonyl (C=O) groups excluding carboxylic acids is 3. The van der Waals surface area contributed by atoms with Crippen molar-refractivity contribution in [2.24, 2.45) is 5.92 Å². The van der Waals surface area contributed by atoms with E-state index < -0.39 is 12.1 Å².